The predicted octanol–water partition coefficient (Wildman–Crippen LogP) is 1.84. The molecule has 0 amide bonds. The quantitative estimate of drug-likeness (QED) is 0.517. The second-order valence-corrected chi connectivity index (χ2v) is 1.94. The van der Waals surface area contributed by atoms with Gasteiger partial charge in [0, 0.05) is 18.0 Å². The van der Waals surface area contributed by atoms with E-state index < -0.39 is 0 Å². The van der Waals surface area contributed by atoms with E-state index in [1.807, 2.05) is 6.92 Å². The minimum absolute atomic E-state index is 0.565. The molecule has 0 aliphatic heterocycles. The Labute approximate surface area is 53.3 Å². The third-order valence-corrected chi connectivity index (χ3v) is 1.01. The van der Waals surface area contributed by atoms with E-state index in [1.165, 1.54) is 0 Å². The molecule has 0 saturated carbocycles. The van der Waals surface area contributed by atoms with Crippen LogP contribution in [0.3, 0.4) is 0 Å². The lowest BCUT2D eigenvalue weighted by molar-refractivity contribution is 1.20. The molecule has 2 heteroatoms. The topological polar surface area (TPSA) is 12.9 Å². The van der Waals surface area contributed by atoms with Crippen LogP contribution in [0.4, 0.5) is 0 Å². The summed E-state index contributed by atoms with van der Waals surface area (Å²) in [5.74, 6) is 0. The number of aryl methyl sites for hydroxylation is 1. The molecule has 8 heavy (non-hydrogen) atoms. The molecular formula is C6H5ClN. The fraction of sp³-hybridized carbons (Fsp3) is 0.167. The Kier molecular flexibility index (Phi) is 1.49. The molecule has 1 aromatic heterocycles. The van der Waals surface area contributed by atoms with Gasteiger partial charge in [-0.1, -0.05) is 11.6 Å². The molecule has 0 spiro atoms. The molecule has 1 nitrogen and oxygen atoms in total. The third-order valence-electron chi connectivity index (χ3n) is 0.800. The zero-order chi connectivity index (χ0) is 5.98. The maximum absolute atomic E-state index is 5.49. The number of rotatable bonds is 0. The Hall–Kier alpha value is -0.560. The summed E-state index contributed by atoms with van der Waals surface area (Å²) in [6.45, 7) is 1.90. The van der Waals surface area contributed by atoms with Crippen molar-refractivity contribution in [1.29, 1.82) is 0 Å². The van der Waals surface area contributed by atoms with E-state index in [4.69, 9.17) is 11.6 Å². The van der Waals surface area contributed by atoms with Gasteiger partial charge in [0.2, 0.25) is 0 Å². The van der Waals surface area contributed by atoms with Gasteiger partial charge in [-0.3, -0.25) is 4.98 Å². The molecule has 0 unspecified atom stereocenters. The third kappa shape index (κ3) is 1.20. The van der Waals surface area contributed by atoms with E-state index in [1.54, 1.807) is 12.3 Å². The average molecular weight is 127 g/mol. The van der Waals surface area contributed by atoms with E-state index in [0.29, 0.717) is 5.02 Å². The lowest BCUT2D eigenvalue weighted by Crippen LogP contribution is -1.75. The van der Waals surface area contributed by atoms with Gasteiger partial charge in [0.1, 0.15) is 0 Å². The summed E-state index contributed by atoms with van der Waals surface area (Å²) in [4.78, 5) is 3.92. The van der Waals surface area contributed by atoms with Crippen molar-refractivity contribution in [3.05, 3.63) is 29.0 Å². The zero-order valence-electron chi connectivity index (χ0n) is 4.48. The van der Waals surface area contributed by atoms with Crippen LogP contribution in [0.1, 0.15) is 5.69 Å². The Morgan fingerprint density at radius 3 is 2.88 bits per heavy atom. The average Bonchev–Trinajstić information content (AvgIpc) is 1.77. The summed E-state index contributed by atoms with van der Waals surface area (Å²) in [7, 11) is 0. The fourth-order valence-corrected chi connectivity index (χ4v) is 0.510. The first kappa shape index (κ1) is 5.57. The summed E-state index contributed by atoms with van der Waals surface area (Å²) in [6, 6.07) is 4.55. The first-order chi connectivity index (χ1) is 3.79. The minimum atomic E-state index is 0.565. The molecule has 1 rings (SSSR count). The summed E-state index contributed by atoms with van der Waals surface area (Å²) >= 11 is 5.49. The maximum Gasteiger partial charge on any atom is 0.0668 e. The first-order valence-electron chi connectivity index (χ1n) is 2.29. The Bertz CT molecular complexity index is 147. The van der Waals surface area contributed by atoms with Crippen molar-refractivity contribution in [2.75, 3.05) is 0 Å². The summed E-state index contributed by atoms with van der Waals surface area (Å²) in [5.41, 5.74) is 0.939. The van der Waals surface area contributed by atoms with Crippen molar-refractivity contribution >= 4 is 11.6 Å². The molecule has 0 aromatic carbocycles. The second kappa shape index (κ2) is 2.14. The van der Waals surface area contributed by atoms with Gasteiger partial charge in [-0.05, 0) is 13.0 Å². The molecule has 1 heterocycles. The number of hydrogen-bond acceptors (Lipinski definition) is 1. The number of hydrogen-bond donors (Lipinski definition) is 0. The SMILES string of the molecule is Cc1c[c]c(Cl)cn1. The maximum atomic E-state index is 5.49. The van der Waals surface area contributed by atoms with Gasteiger partial charge in [-0.15, -0.1) is 0 Å². The largest absolute Gasteiger partial charge is 0.260 e. The van der Waals surface area contributed by atoms with Crippen LogP contribution in [0, 0.1) is 13.0 Å². The van der Waals surface area contributed by atoms with Crippen molar-refractivity contribution in [2.24, 2.45) is 0 Å². The Morgan fingerprint density at radius 2 is 2.50 bits per heavy atom. The van der Waals surface area contributed by atoms with Gasteiger partial charge in [0.15, 0.2) is 0 Å². The Morgan fingerprint density at radius 1 is 1.75 bits per heavy atom. The van der Waals surface area contributed by atoms with Crippen LogP contribution < -0.4 is 0 Å². The van der Waals surface area contributed by atoms with Crippen LogP contribution in [-0.2, 0) is 0 Å². The normalized spacial score (nSPS) is 9.25. The standard InChI is InChI=1S/C6H5ClN/c1-5-2-3-6(7)4-8-5/h2,4H,1H3. The molecule has 1 aromatic rings. The molecule has 1 radical (unpaired) electrons. The molecule has 0 atom stereocenters. The van der Waals surface area contributed by atoms with Crippen molar-refractivity contribution in [2.45, 2.75) is 6.92 Å². The molecule has 0 N–H and O–H groups in total. The minimum Gasteiger partial charge on any atom is -0.260 e. The first-order valence-corrected chi connectivity index (χ1v) is 2.66. The summed E-state index contributed by atoms with van der Waals surface area (Å²) in [5, 5.41) is 0.565. The lowest BCUT2D eigenvalue weighted by atomic mass is 10.4. The van der Waals surface area contributed by atoms with Gasteiger partial charge < -0.3 is 0 Å². The van der Waals surface area contributed by atoms with Crippen LogP contribution in [0.25, 0.3) is 0 Å². The highest BCUT2D eigenvalue weighted by Crippen LogP contribution is 2.03. The molecule has 0 aliphatic rings. The molecule has 0 saturated heterocycles. The monoisotopic (exact) mass is 126 g/mol. The highest BCUT2D eigenvalue weighted by atomic mass is 35.5. The van der Waals surface area contributed by atoms with Crippen LogP contribution >= 0.6 is 11.6 Å². The summed E-state index contributed by atoms with van der Waals surface area (Å²) in [6.07, 6.45) is 1.58. The van der Waals surface area contributed by atoms with E-state index in [2.05, 4.69) is 11.1 Å². The van der Waals surface area contributed by atoms with Crippen LogP contribution in [-0.4, -0.2) is 4.98 Å². The van der Waals surface area contributed by atoms with Crippen molar-refractivity contribution in [3.8, 4) is 0 Å². The van der Waals surface area contributed by atoms with Crippen LogP contribution in [0.5, 0.6) is 0 Å². The molecule has 0 aliphatic carbocycles. The molecule has 41 valence electrons. The molecule has 0 bridgehead atoms. The molecular weight excluding hydrogens is 122 g/mol. The fourth-order valence-electron chi connectivity index (χ4n) is 0.406. The number of nitrogens with zero attached hydrogens (tertiary/aromatic N) is 1. The van der Waals surface area contributed by atoms with E-state index in [-0.39, 0.29) is 0 Å². The van der Waals surface area contributed by atoms with Crippen molar-refractivity contribution in [1.82, 2.24) is 4.98 Å². The Balaban J connectivity index is 3.03. The highest BCUT2D eigenvalue weighted by molar-refractivity contribution is 6.30. The number of pyridine rings is 1. The van der Waals surface area contributed by atoms with Gasteiger partial charge in [-0.2, -0.15) is 0 Å². The van der Waals surface area contributed by atoms with E-state index in [0.717, 1.165) is 5.69 Å². The van der Waals surface area contributed by atoms with Crippen molar-refractivity contribution in [3.63, 3.8) is 0 Å². The predicted molar refractivity (Wildman–Crippen MR) is 32.8 cm³/mol. The van der Waals surface area contributed by atoms with Gasteiger partial charge >= 0.3 is 0 Å². The highest BCUT2D eigenvalue weighted by Gasteiger charge is 1.84. The number of halogens is 1. The second-order valence-electron chi connectivity index (χ2n) is 1.54. The van der Waals surface area contributed by atoms with Crippen LogP contribution in [0.15, 0.2) is 12.3 Å². The number of aromatic nitrogens is 1. The van der Waals surface area contributed by atoms with Crippen molar-refractivity contribution < 1.29 is 0 Å². The van der Waals surface area contributed by atoms with Gasteiger partial charge in [-0.25, -0.2) is 0 Å². The van der Waals surface area contributed by atoms with Gasteiger partial charge in [0.05, 0.1) is 5.02 Å². The van der Waals surface area contributed by atoms with E-state index in [9.17, 15) is 0 Å². The lowest BCUT2D eigenvalue weighted by Gasteiger charge is -1.86. The zero-order valence-corrected chi connectivity index (χ0v) is 5.24. The van der Waals surface area contributed by atoms with Crippen LogP contribution in [0.2, 0.25) is 5.02 Å². The summed E-state index contributed by atoms with van der Waals surface area (Å²) < 4.78 is 0. The van der Waals surface area contributed by atoms with E-state index >= 15 is 0 Å². The van der Waals surface area contributed by atoms with Gasteiger partial charge in [0.25, 0.3) is 0 Å². The smallest absolute Gasteiger partial charge is 0.0668 e. The molecule has 0 fully saturated rings.